The molecule has 1 N–H and O–H groups in total. The number of nitrogens with one attached hydrogen (secondary N) is 1. The van der Waals surface area contributed by atoms with E-state index < -0.39 is 0 Å². The Balaban J connectivity index is 2.41. The van der Waals surface area contributed by atoms with Crippen molar-refractivity contribution in [3.8, 4) is 0 Å². The number of hydrogen-bond donors (Lipinski definition) is 1. The third-order valence-corrected chi connectivity index (χ3v) is 3.57. The van der Waals surface area contributed by atoms with E-state index in [9.17, 15) is 0 Å². The molecule has 106 valence electrons. The Morgan fingerprint density at radius 3 is 2.45 bits per heavy atom. The maximum absolute atomic E-state index is 4.57. The molecule has 2 aromatic rings. The molecule has 0 saturated carbocycles. The summed E-state index contributed by atoms with van der Waals surface area (Å²) in [7, 11) is 0. The highest BCUT2D eigenvalue weighted by atomic mass is 14.9. The Bertz CT molecular complexity index is 575. The van der Waals surface area contributed by atoms with Crippen molar-refractivity contribution in [3.05, 3.63) is 64.5 Å². The van der Waals surface area contributed by atoms with E-state index in [1.165, 1.54) is 22.3 Å². The summed E-state index contributed by atoms with van der Waals surface area (Å²) in [6.07, 6.45) is 3.02. The minimum atomic E-state index is 0.176. The fourth-order valence-electron chi connectivity index (χ4n) is 2.53. The van der Waals surface area contributed by atoms with Crippen molar-refractivity contribution >= 4 is 0 Å². The van der Waals surface area contributed by atoms with Crippen LogP contribution in [0.15, 0.2) is 36.5 Å². The third-order valence-electron chi connectivity index (χ3n) is 3.57. The van der Waals surface area contributed by atoms with Crippen molar-refractivity contribution in [1.29, 1.82) is 0 Å². The molecule has 0 aliphatic carbocycles. The van der Waals surface area contributed by atoms with Gasteiger partial charge in [0, 0.05) is 6.20 Å². The first-order valence-electron chi connectivity index (χ1n) is 7.35. The molecule has 0 amide bonds. The average molecular weight is 268 g/mol. The van der Waals surface area contributed by atoms with E-state index in [0.29, 0.717) is 0 Å². The van der Waals surface area contributed by atoms with Crippen LogP contribution in [0.5, 0.6) is 0 Å². The first-order chi connectivity index (χ1) is 9.61. The van der Waals surface area contributed by atoms with Crippen molar-refractivity contribution < 1.29 is 0 Å². The number of benzene rings is 1. The molecule has 1 aromatic carbocycles. The predicted molar refractivity (Wildman–Crippen MR) is 85.0 cm³/mol. The molecule has 0 aliphatic rings. The highest BCUT2D eigenvalue weighted by molar-refractivity contribution is 5.37. The molecule has 0 aliphatic heterocycles. The molecule has 2 rings (SSSR count). The van der Waals surface area contributed by atoms with Gasteiger partial charge in [0.2, 0.25) is 0 Å². The van der Waals surface area contributed by atoms with E-state index in [1.54, 1.807) is 0 Å². The van der Waals surface area contributed by atoms with E-state index in [4.69, 9.17) is 0 Å². The number of aryl methyl sites for hydroxylation is 3. The van der Waals surface area contributed by atoms with Gasteiger partial charge in [0.05, 0.1) is 11.7 Å². The summed E-state index contributed by atoms with van der Waals surface area (Å²) >= 11 is 0. The van der Waals surface area contributed by atoms with E-state index in [-0.39, 0.29) is 6.04 Å². The fraction of sp³-hybridized carbons (Fsp3) is 0.389. The Kier molecular flexibility index (Phi) is 4.91. The van der Waals surface area contributed by atoms with Crippen molar-refractivity contribution in [2.75, 3.05) is 6.54 Å². The molecule has 1 heterocycles. The molecule has 0 fully saturated rings. The van der Waals surface area contributed by atoms with Crippen LogP contribution < -0.4 is 5.32 Å². The Hall–Kier alpha value is -1.67. The number of aromatic nitrogens is 1. The van der Waals surface area contributed by atoms with Crippen LogP contribution >= 0.6 is 0 Å². The van der Waals surface area contributed by atoms with Gasteiger partial charge in [-0.3, -0.25) is 4.98 Å². The summed E-state index contributed by atoms with van der Waals surface area (Å²) in [5.74, 6) is 0. The summed E-state index contributed by atoms with van der Waals surface area (Å²) in [5.41, 5.74) is 6.30. The van der Waals surface area contributed by atoms with E-state index in [2.05, 4.69) is 62.3 Å². The van der Waals surface area contributed by atoms with Gasteiger partial charge in [-0.15, -0.1) is 0 Å². The van der Waals surface area contributed by atoms with E-state index in [0.717, 1.165) is 18.7 Å². The topological polar surface area (TPSA) is 24.9 Å². The zero-order chi connectivity index (χ0) is 14.5. The van der Waals surface area contributed by atoms with Crippen LogP contribution in [-0.4, -0.2) is 11.5 Å². The first kappa shape index (κ1) is 14.7. The molecule has 0 saturated heterocycles. The van der Waals surface area contributed by atoms with Crippen LogP contribution in [0, 0.1) is 20.8 Å². The zero-order valence-electron chi connectivity index (χ0n) is 12.9. The maximum atomic E-state index is 4.57. The second-order valence-corrected chi connectivity index (χ2v) is 5.51. The number of pyridine rings is 1. The van der Waals surface area contributed by atoms with Crippen LogP contribution in [0.3, 0.4) is 0 Å². The summed E-state index contributed by atoms with van der Waals surface area (Å²) in [5, 5.41) is 3.63. The summed E-state index contributed by atoms with van der Waals surface area (Å²) < 4.78 is 0. The van der Waals surface area contributed by atoms with Gasteiger partial charge in [-0.05, 0) is 62.6 Å². The van der Waals surface area contributed by atoms with Gasteiger partial charge in [-0.25, -0.2) is 0 Å². The standard InChI is InChI=1S/C18H24N2/c1-5-9-20-18(17-12-14(3)8-10-19-17)16-7-6-13(2)11-15(16)4/h6-8,10-12,18,20H,5,9H2,1-4H3. The second kappa shape index (κ2) is 6.67. The third kappa shape index (κ3) is 3.45. The smallest absolute Gasteiger partial charge is 0.0754 e. The van der Waals surface area contributed by atoms with Gasteiger partial charge in [0.1, 0.15) is 0 Å². The lowest BCUT2D eigenvalue weighted by molar-refractivity contribution is 0.584. The molecule has 2 heteroatoms. The van der Waals surface area contributed by atoms with Gasteiger partial charge in [0.15, 0.2) is 0 Å². The van der Waals surface area contributed by atoms with Crippen LogP contribution in [0.2, 0.25) is 0 Å². The molecule has 0 spiro atoms. The largest absolute Gasteiger partial charge is 0.305 e. The number of rotatable bonds is 5. The molecule has 0 radical (unpaired) electrons. The summed E-state index contributed by atoms with van der Waals surface area (Å²) in [4.78, 5) is 4.57. The zero-order valence-corrected chi connectivity index (χ0v) is 12.9. The normalized spacial score (nSPS) is 12.4. The van der Waals surface area contributed by atoms with E-state index >= 15 is 0 Å². The van der Waals surface area contributed by atoms with Crippen molar-refractivity contribution in [3.63, 3.8) is 0 Å². The lowest BCUT2D eigenvalue weighted by atomic mass is 9.96. The minimum absolute atomic E-state index is 0.176. The minimum Gasteiger partial charge on any atom is -0.305 e. The van der Waals surface area contributed by atoms with Crippen molar-refractivity contribution in [1.82, 2.24) is 10.3 Å². The Morgan fingerprint density at radius 2 is 1.80 bits per heavy atom. The van der Waals surface area contributed by atoms with Gasteiger partial charge >= 0.3 is 0 Å². The number of hydrogen-bond acceptors (Lipinski definition) is 2. The Labute approximate surface area is 122 Å². The van der Waals surface area contributed by atoms with E-state index in [1.807, 2.05) is 12.3 Å². The van der Waals surface area contributed by atoms with Crippen LogP contribution in [0.1, 0.15) is 47.3 Å². The highest BCUT2D eigenvalue weighted by Crippen LogP contribution is 2.25. The molecule has 2 nitrogen and oxygen atoms in total. The molecule has 1 atom stereocenters. The van der Waals surface area contributed by atoms with Crippen LogP contribution in [0.4, 0.5) is 0 Å². The highest BCUT2D eigenvalue weighted by Gasteiger charge is 2.16. The van der Waals surface area contributed by atoms with Gasteiger partial charge in [-0.2, -0.15) is 0 Å². The molecule has 20 heavy (non-hydrogen) atoms. The lowest BCUT2D eigenvalue weighted by Crippen LogP contribution is -2.25. The fourth-order valence-corrected chi connectivity index (χ4v) is 2.53. The number of nitrogens with zero attached hydrogens (tertiary/aromatic N) is 1. The maximum Gasteiger partial charge on any atom is 0.0754 e. The molecular weight excluding hydrogens is 244 g/mol. The van der Waals surface area contributed by atoms with Gasteiger partial charge < -0.3 is 5.32 Å². The van der Waals surface area contributed by atoms with Crippen molar-refractivity contribution in [2.24, 2.45) is 0 Å². The molecule has 0 bridgehead atoms. The van der Waals surface area contributed by atoms with Crippen molar-refractivity contribution in [2.45, 2.75) is 40.2 Å². The Morgan fingerprint density at radius 1 is 1.05 bits per heavy atom. The summed E-state index contributed by atoms with van der Waals surface area (Å²) in [6.45, 7) is 9.61. The van der Waals surface area contributed by atoms with Gasteiger partial charge in [-0.1, -0.05) is 30.7 Å². The monoisotopic (exact) mass is 268 g/mol. The average Bonchev–Trinajstić information content (AvgIpc) is 2.41. The van der Waals surface area contributed by atoms with Crippen LogP contribution in [0.25, 0.3) is 0 Å². The molecule has 1 aromatic heterocycles. The lowest BCUT2D eigenvalue weighted by Gasteiger charge is -2.21. The summed E-state index contributed by atoms with van der Waals surface area (Å²) in [6, 6.07) is 11.0. The second-order valence-electron chi connectivity index (χ2n) is 5.51. The first-order valence-corrected chi connectivity index (χ1v) is 7.35. The SMILES string of the molecule is CCCNC(c1cc(C)ccn1)c1ccc(C)cc1C. The quantitative estimate of drug-likeness (QED) is 0.883. The van der Waals surface area contributed by atoms with Crippen LogP contribution in [-0.2, 0) is 0 Å². The molecule has 1 unspecified atom stereocenters. The molecular formula is C18H24N2. The van der Waals surface area contributed by atoms with Gasteiger partial charge in [0.25, 0.3) is 0 Å². The predicted octanol–water partition coefficient (Wildman–Crippen LogP) is 4.10.